The third-order valence-electron chi connectivity index (χ3n) is 3.12. The number of carboxylic acid groups (broad SMARTS) is 1. The zero-order valence-electron chi connectivity index (χ0n) is 11.5. The van der Waals surface area contributed by atoms with Gasteiger partial charge in [0.2, 0.25) is 0 Å². The van der Waals surface area contributed by atoms with Crippen LogP contribution in [0, 0.1) is 0 Å². The van der Waals surface area contributed by atoms with E-state index in [1.165, 1.54) is 30.9 Å². The van der Waals surface area contributed by atoms with Gasteiger partial charge >= 0.3 is 5.97 Å². The number of carbonyl (C=O) groups excluding carboxylic acids is 1. The highest BCUT2D eigenvalue weighted by molar-refractivity contribution is 9.10. The van der Waals surface area contributed by atoms with Crippen molar-refractivity contribution in [2.24, 2.45) is 0 Å². The number of halogens is 1. The summed E-state index contributed by atoms with van der Waals surface area (Å²) >= 11 is 4.75. The van der Waals surface area contributed by atoms with E-state index in [1.807, 2.05) is 0 Å². The Bertz CT molecular complexity index is 555. The molecule has 1 aromatic rings. The minimum atomic E-state index is -0.996. The minimum absolute atomic E-state index is 0.334. The van der Waals surface area contributed by atoms with Crippen molar-refractivity contribution in [2.45, 2.75) is 6.04 Å². The smallest absolute Gasteiger partial charge is 0.327 e. The van der Waals surface area contributed by atoms with Crippen molar-refractivity contribution in [3.05, 3.63) is 22.2 Å². The van der Waals surface area contributed by atoms with Crippen molar-refractivity contribution in [3.8, 4) is 11.5 Å². The second-order valence-electron chi connectivity index (χ2n) is 4.32. The second kappa shape index (κ2) is 6.57. The first-order valence-corrected chi connectivity index (χ1v) is 7.97. The number of carboxylic acids is 1. The Hall–Kier alpha value is -1.41. The maximum atomic E-state index is 12.5. The molecule has 0 radical (unpaired) electrons. The van der Waals surface area contributed by atoms with Crippen LogP contribution in [0.5, 0.6) is 11.5 Å². The number of carbonyl (C=O) groups is 2. The van der Waals surface area contributed by atoms with E-state index in [2.05, 4.69) is 15.9 Å². The monoisotopic (exact) mass is 375 g/mol. The summed E-state index contributed by atoms with van der Waals surface area (Å²) in [6.45, 7) is 0. The molecule has 21 heavy (non-hydrogen) atoms. The zero-order valence-corrected chi connectivity index (χ0v) is 13.9. The summed E-state index contributed by atoms with van der Waals surface area (Å²) in [4.78, 5) is 25.1. The summed E-state index contributed by atoms with van der Waals surface area (Å²) in [5, 5.41) is 9.16. The highest BCUT2D eigenvalue weighted by Gasteiger charge is 2.35. The van der Waals surface area contributed by atoms with Crippen molar-refractivity contribution in [3.63, 3.8) is 0 Å². The van der Waals surface area contributed by atoms with Crippen LogP contribution in [-0.4, -0.2) is 53.8 Å². The fourth-order valence-electron chi connectivity index (χ4n) is 2.01. The number of benzene rings is 1. The normalized spacial score (nSPS) is 17.7. The number of hydrogen-bond acceptors (Lipinski definition) is 5. The van der Waals surface area contributed by atoms with Crippen LogP contribution in [-0.2, 0) is 4.79 Å². The lowest BCUT2D eigenvalue weighted by molar-refractivity contribution is -0.140. The maximum absolute atomic E-state index is 12.5. The summed E-state index contributed by atoms with van der Waals surface area (Å²) in [5.74, 6) is 0.316. The van der Waals surface area contributed by atoms with E-state index in [9.17, 15) is 9.59 Å². The molecule has 114 valence electrons. The maximum Gasteiger partial charge on any atom is 0.327 e. The number of amides is 1. The van der Waals surface area contributed by atoms with Crippen LogP contribution in [0.4, 0.5) is 0 Å². The average molecular weight is 376 g/mol. The SMILES string of the molecule is COc1cc(C(=O)N2CSC[C@H]2C(=O)O)cc(OC)c1Br. The second-order valence-corrected chi connectivity index (χ2v) is 6.12. The molecule has 1 amide bonds. The number of ether oxygens (including phenoxy) is 2. The van der Waals surface area contributed by atoms with Crippen LogP contribution in [0.25, 0.3) is 0 Å². The third-order valence-corrected chi connectivity index (χ3v) is 4.91. The number of rotatable bonds is 4. The van der Waals surface area contributed by atoms with Gasteiger partial charge in [-0.3, -0.25) is 4.79 Å². The van der Waals surface area contributed by atoms with E-state index in [4.69, 9.17) is 14.6 Å². The molecule has 8 heteroatoms. The molecule has 1 saturated heterocycles. The molecule has 1 fully saturated rings. The minimum Gasteiger partial charge on any atom is -0.495 e. The van der Waals surface area contributed by atoms with Gasteiger partial charge in [0.25, 0.3) is 5.91 Å². The largest absolute Gasteiger partial charge is 0.495 e. The summed E-state index contributed by atoms with van der Waals surface area (Å²) in [6.07, 6.45) is 0. The van der Waals surface area contributed by atoms with Gasteiger partial charge in [0, 0.05) is 11.3 Å². The van der Waals surface area contributed by atoms with Crippen LogP contribution in [0.1, 0.15) is 10.4 Å². The molecule has 1 heterocycles. The lowest BCUT2D eigenvalue weighted by Gasteiger charge is -2.21. The molecule has 0 aromatic heterocycles. The Balaban J connectivity index is 2.37. The van der Waals surface area contributed by atoms with Gasteiger partial charge in [0.05, 0.1) is 20.1 Å². The first-order valence-electron chi connectivity index (χ1n) is 6.02. The molecule has 0 unspecified atom stereocenters. The molecular weight excluding hydrogens is 362 g/mol. The molecule has 0 aliphatic carbocycles. The fraction of sp³-hybridized carbons (Fsp3) is 0.385. The average Bonchev–Trinajstić information content (AvgIpc) is 2.96. The Morgan fingerprint density at radius 3 is 2.38 bits per heavy atom. The Morgan fingerprint density at radius 1 is 1.33 bits per heavy atom. The van der Waals surface area contributed by atoms with E-state index in [-0.39, 0.29) is 5.91 Å². The Morgan fingerprint density at radius 2 is 1.90 bits per heavy atom. The van der Waals surface area contributed by atoms with Gasteiger partial charge < -0.3 is 19.5 Å². The molecule has 0 bridgehead atoms. The zero-order chi connectivity index (χ0) is 15.6. The first-order chi connectivity index (χ1) is 9.99. The molecule has 0 saturated carbocycles. The van der Waals surface area contributed by atoms with Gasteiger partial charge in [-0.1, -0.05) is 0 Å². The van der Waals surface area contributed by atoms with Crippen LogP contribution in [0.2, 0.25) is 0 Å². The topological polar surface area (TPSA) is 76.1 Å². The molecule has 2 rings (SSSR count). The number of methoxy groups -OCH3 is 2. The number of thioether (sulfide) groups is 1. The van der Waals surface area contributed by atoms with Crippen LogP contribution in [0.3, 0.4) is 0 Å². The number of hydrogen-bond donors (Lipinski definition) is 1. The molecular formula is C13H14BrNO5S. The van der Waals surface area contributed by atoms with Crippen molar-refractivity contribution in [1.29, 1.82) is 0 Å². The summed E-state index contributed by atoms with van der Waals surface area (Å²) in [7, 11) is 2.97. The third kappa shape index (κ3) is 3.11. The van der Waals surface area contributed by atoms with Crippen molar-refractivity contribution in [2.75, 3.05) is 25.8 Å². The van der Waals surface area contributed by atoms with Gasteiger partial charge in [-0.2, -0.15) is 0 Å². The van der Waals surface area contributed by atoms with Gasteiger partial charge in [0.1, 0.15) is 22.0 Å². The van der Waals surface area contributed by atoms with E-state index in [1.54, 1.807) is 12.1 Å². The van der Waals surface area contributed by atoms with Gasteiger partial charge in [-0.05, 0) is 28.1 Å². The van der Waals surface area contributed by atoms with E-state index < -0.39 is 12.0 Å². The molecule has 6 nitrogen and oxygen atoms in total. The van der Waals surface area contributed by atoms with Gasteiger partial charge in [0.15, 0.2) is 0 Å². The van der Waals surface area contributed by atoms with E-state index in [0.717, 1.165) is 0 Å². The number of aliphatic carboxylic acids is 1. The molecule has 1 atom stereocenters. The quantitative estimate of drug-likeness (QED) is 0.867. The molecule has 1 aliphatic heterocycles. The first kappa shape index (κ1) is 16.0. The van der Waals surface area contributed by atoms with Crippen LogP contribution >= 0.6 is 27.7 Å². The highest BCUT2D eigenvalue weighted by Crippen LogP contribution is 2.36. The van der Waals surface area contributed by atoms with E-state index in [0.29, 0.717) is 33.2 Å². The fourth-order valence-corrected chi connectivity index (χ4v) is 3.70. The van der Waals surface area contributed by atoms with E-state index >= 15 is 0 Å². The molecule has 0 spiro atoms. The van der Waals surface area contributed by atoms with Gasteiger partial charge in [-0.25, -0.2) is 4.79 Å². The summed E-state index contributed by atoms with van der Waals surface area (Å²) in [6, 6.07) is 2.33. The molecule has 1 aromatic carbocycles. The van der Waals surface area contributed by atoms with Crippen molar-refractivity contribution in [1.82, 2.24) is 4.90 Å². The van der Waals surface area contributed by atoms with Gasteiger partial charge in [-0.15, -0.1) is 11.8 Å². The highest BCUT2D eigenvalue weighted by atomic mass is 79.9. The standard InChI is InChI=1S/C13H14BrNO5S/c1-19-9-3-7(4-10(20-2)11(9)14)12(16)15-6-21-5-8(15)13(17)18/h3-4,8H,5-6H2,1-2H3,(H,17,18)/t8-/m0/s1. The van der Waals surface area contributed by atoms with Crippen molar-refractivity contribution >= 4 is 39.6 Å². The summed E-state index contributed by atoms with van der Waals surface area (Å²) < 4.78 is 11.0. The van der Waals surface area contributed by atoms with Crippen LogP contribution < -0.4 is 9.47 Å². The lowest BCUT2D eigenvalue weighted by atomic mass is 10.1. The van der Waals surface area contributed by atoms with Crippen molar-refractivity contribution < 1.29 is 24.2 Å². The molecule has 1 N–H and O–H groups in total. The molecule has 1 aliphatic rings. The number of nitrogens with zero attached hydrogens (tertiary/aromatic N) is 1. The summed E-state index contributed by atoms with van der Waals surface area (Å²) in [5.41, 5.74) is 0.334. The Kier molecular flexibility index (Phi) is 5.00. The predicted molar refractivity (Wildman–Crippen MR) is 82.2 cm³/mol. The predicted octanol–water partition coefficient (Wildman–Crippen LogP) is 2.07. The van der Waals surface area contributed by atoms with Crippen LogP contribution in [0.15, 0.2) is 16.6 Å². The Labute approximate surface area is 134 Å². The lowest BCUT2D eigenvalue weighted by Crippen LogP contribution is -2.41.